The topological polar surface area (TPSA) is 55.8 Å². The van der Waals surface area contributed by atoms with Crippen LogP contribution in [0.3, 0.4) is 0 Å². The molecule has 3 rings (SSSR count). The zero-order valence-corrected chi connectivity index (χ0v) is 15.1. The summed E-state index contributed by atoms with van der Waals surface area (Å²) in [5.74, 6) is 0.0388. The number of ether oxygens (including phenoxy) is 2. The van der Waals surface area contributed by atoms with Gasteiger partial charge in [0.2, 0.25) is 5.91 Å². The highest BCUT2D eigenvalue weighted by atomic mass is 16.5. The lowest BCUT2D eigenvalue weighted by Gasteiger charge is -2.16. The number of esters is 1. The third-order valence-electron chi connectivity index (χ3n) is 4.58. The standard InChI is InChI=1S/C21H23NO4/c1-15-3-5-16(6-4-15)12-22-13-18(11-20(22)23)21(24)26-14-17-7-9-19(25-2)10-8-17/h3-10,18H,11-14H2,1-2H3/t18-/m1/s1. The second kappa shape index (κ2) is 8.04. The van der Waals surface area contributed by atoms with Crippen molar-refractivity contribution in [1.29, 1.82) is 0 Å². The molecule has 0 bridgehead atoms. The minimum atomic E-state index is -0.397. The van der Waals surface area contributed by atoms with E-state index in [1.165, 1.54) is 5.56 Å². The monoisotopic (exact) mass is 353 g/mol. The van der Waals surface area contributed by atoms with Gasteiger partial charge in [0.15, 0.2) is 0 Å². The van der Waals surface area contributed by atoms with Gasteiger partial charge in [-0.2, -0.15) is 0 Å². The first-order valence-electron chi connectivity index (χ1n) is 8.68. The molecule has 0 radical (unpaired) electrons. The largest absolute Gasteiger partial charge is 0.497 e. The summed E-state index contributed by atoms with van der Waals surface area (Å²) in [7, 11) is 1.61. The second-order valence-corrected chi connectivity index (χ2v) is 6.62. The molecule has 5 nitrogen and oxygen atoms in total. The molecule has 26 heavy (non-hydrogen) atoms. The van der Waals surface area contributed by atoms with E-state index in [0.29, 0.717) is 13.1 Å². The summed E-state index contributed by atoms with van der Waals surface area (Å²) in [5.41, 5.74) is 3.14. The van der Waals surface area contributed by atoms with Crippen LogP contribution < -0.4 is 4.74 Å². The van der Waals surface area contributed by atoms with Crippen molar-refractivity contribution in [2.75, 3.05) is 13.7 Å². The molecule has 0 aliphatic carbocycles. The van der Waals surface area contributed by atoms with E-state index in [1.807, 2.05) is 55.5 Å². The molecule has 1 amide bonds. The molecule has 2 aromatic rings. The number of hydrogen-bond donors (Lipinski definition) is 0. The van der Waals surface area contributed by atoms with Crippen molar-refractivity contribution in [2.24, 2.45) is 5.92 Å². The third-order valence-corrected chi connectivity index (χ3v) is 4.58. The molecule has 1 heterocycles. The van der Waals surface area contributed by atoms with Crippen molar-refractivity contribution in [2.45, 2.75) is 26.5 Å². The van der Waals surface area contributed by atoms with E-state index in [-0.39, 0.29) is 24.9 Å². The SMILES string of the molecule is COc1ccc(COC(=O)[C@@H]2CC(=O)N(Cc3ccc(C)cc3)C2)cc1. The highest BCUT2D eigenvalue weighted by molar-refractivity contribution is 5.86. The molecule has 5 heteroatoms. The van der Waals surface area contributed by atoms with Crippen molar-refractivity contribution in [1.82, 2.24) is 4.90 Å². The van der Waals surface area contributed by atoms with Gasteiger partial charge in [-0.05, 0) is 30.2 Å². The zero-order chi connectivity index (χ0) is 18.5. The van der Waals surface area contributed by atoms with E-state index in [1.54, 1.807) is 12.0 Å². The first-order chi connectivity index (χ1) is 12.5. The van der Waals surface area contributed by atoms with E-state index >= 15 is 0 Å². The van der Waals surface area contributed by atoms with E-state index in [4.69, 9.17) is 9.47 Å². The Hall–Kier alpha value is -2.82. The fourth-order valence-corrected chi connectivity index (χ4v) is 2.99. The number of hydrogen-bond acceptors (Lipinski definition) is 4. The quantitative estimate of drug-likeness (QED) is 0.749. The van der Waals surface area contributed by atoms with E-state index in [0.717, 1.165) is 16.9 Å². The number of methoxy groups -OCH3 is 1. The summed E-state index contributed by atoms with van der Waals surface area (Å²) in [6, 6.07) is 15.4. The molecule has 0 unspecified atom stereocenters. The molecule has 0 N–H and O–H groups in total. The highest BCUT2D eigenvalue weighted by Crippen LogP contribution is 2.22. The normalized spacial score (nSPS) is 16.6. The van der Waals surface area contributed by atoms with E-state index in [9.17, 15) is 9.59 Å². The van der Waals surface area contributed by atoms with Gasteiger partial charge >= 0.3 is 5.97 Å². The van der Waals surface area contributed by atoms with Gasteiger partial charge in [-0.3, -0.25) is 9.59 Å². The summed E-state index contributed by atoms with van der Waals surface area (Å²) >= 11 is 0. The van der Waals surface area contributed by atoms with Gasteiger partial charge in [0, 0.05) is 19.5 Å². The van der Waals surface area contributed by atoms with Gasteiger partial charge in [-0.1, -0.05) is 42.0 Å². The maximum absolute atomic E-state index is 12.3. The summed E-state index contributed by atoms with van der Waals surface area (Å²) < 4.78 is 10.5. The van der Waals surface area contributed by atoms with Crippen LogP contribution in [0.15, 0.2) is 48.5 Å². The van der Waals surface area contributed by atoms with Gasteiger partial charge < -0.3 is 14.4 Å². The van der Waals surface area contributed by atoms with Crippen LogP contribution >= 0.6 is 0 Å². The van der Waals surface area contributed by atoms with E-state index in [2.05, 4.69) is 0 Å². The Kier molecular flexibility index (Phi) is 5.56. The first-order valence-corrected chi connectivity index (χ1v) is 8.68. The maximum atomic E-state index is 12.3. The number of benzene rings is 2. The maximum Gasteiger partial charge on any atom is 0.311 e. The summed E-state index contributed by atoms with van der Waals surface area (Å²) in [6.45, 7) is 3.17. The fraction of sp³-hybridized carbons (Fsp3) is 0.333. The molecule has 0 aromatic heterocycles. The molecular formula is C21H23NO4. The fourth-order valence-electron chi connectivity index (χ4n) is 2.99. The molecule has 136 valence electrons. The molecule has 1 atom stereocenters. The van der Waals surface area contributed by atoms with Gasteiger partial charge in [-0.15, -0.1) is 0 Å². The zero-order valence-electron chi connectivity index (χ0n) is 15.1. The predicted molar refractivity (Wildman–Crippen MR) is 97.5 cm³/mol. The van der Waals surface area contributed by atoms with Crippen molar-refractivity contribution < 1.29 is 19.1 Å². The highest BCUT2D eigenvalue weighted by Gasteiger charge is 2.35. The lowest BCUT2D eigenvalue weighted by molar-refractivity contribution is -0.149. The van der Waals surface area contributed by atoms with Crippen molar-refractivity contribution >= 4 is 11.9 Å². The summed E-state index contributed by atoms with van der Waals surface area (Å²) in [6.07, 6.45) is 0.216. The van der Waals surface area contributed by atoms with Gasteiger partial charge in [-0.25, -0.2) is 0 Å². The molecule has 2 aromatic carbocycles. The Morgan fingerprint density at radius 1 is 1.08 bits per heavy atom. The second-order valence-electron chi connectivity index (χ2n) is 6.62. The number of aryl methyl sites for hydroxylation is 1. The minimum absolute atomic E-state index is 0.00280. The average Bonchev–Trinajstić information content (AvgIpc) is 3.02. The first kappa shape index (κ1) is 18.0. The molecule has 1 aliphatic heterocycles. The molecule has 0 saturated carbocycles. The number of likely N-dealkylation sites (tertiary alicyclic amines) is 1. The average molecular weight is 353 g/mol. The van der Waals surface area contributed by atoms with Crippen LogP contribution in [-0.4, -0.2) is 30.4 Å². The Morgan fingerprint density at radius 3 is 2.38 bits per heavy atom. The Labute approximate surface area is 153 Å². The Bertz CT molecular complexity index is 768. The predicted octanol–water partition coefficient (Wildman–Crippen LogP) is 3.10. The molecule has 1 saturated heterocycles. The lowest BCUT2D eigenvalue weighted by atomic mass is 10.1. The van der Waals surface area contributed by atoms with E-state index < -0.39 is 5.92 Å². The van der Waals surface area contributed by atoms with Crippen molar-refractivity contribution in [3.63, 3.8) is 0 Å². The molecular weight excluding hydrogens is 330 g/mol. The number of carbonyl (C=O) groups is 2. The van der Waals surface area contributed by atoms with Crippen LogP contribution in [0.5, 0.6) is 5.75 Å². The van der Waals surface area contributed by atoms with Crippen LogP contribution in [0, 0.1) is 12.8 Å². The van der Waals surface area contributed by atoms with Crippen LogP contribution in [0.4, 0.5) is 0 Å². The van der Waals surface area contributed by atoms with Crippen LogP contribution in [0.25, 0.3) is 0 Å². The molecule has 1 fully saturated rings. The minimum Gasteiger partial charge on any atom is -0.497 e. The summed E-state index contributed by atoms with van der Waals surface area (Å²) in [5, 5.41) is 0. The number of carbonyl (C=O) groups excluding carboxylic acids is 2. The van der Waals surface area contributed by atoms with Crippen molar-refractivity contribution in [3.8, 4) is 5.75 Å². The third kappa shape index (κ3) is 4.42. The molecule has 0 spiro atoms. The Balaban J connectivity index is 1.52. The smallest absolute Gasteiger partial charge is 0.311 e. The van der Waals surface area contributed by atoms with Crippen molar-refractivity contribution in [3.05, 3.63) is 65.2 Å². The lowest BCUT2D eigenvalue weighted by Crippen LogP contribution is -2.26. The number of nitrogens with zero attached hydrogens (tertiary/aromatic N) is 1. The van der Waals surface area contributed by atoms with Crippen LogP contribution in [0.2, 0.25) is 0 Å². The van der Waals surface area contributed by atoms with Crippen LogP contribution in [-0.2, 0) is 27.5 Å². The van der Waals surface area contributed by atoms with Crippen LogP contribution in [0.1, 0.15) is 23.1 Å². The Morgan fingerprint density at radius 2 is 1.73 bits per heavy atom. The van der Waals surface area contributed by atoms with Gasteiger partial charge in [0.25, 0.3) is 0 Å². The number of amides is 1. The van der Waals surface area contributed by atoms with Gasteiger partial charge in [0.05, 0.1) is 13.0 Å². The summed E-state index contributed by atoms with van der Waals surface area (Å²) in [4.78, 5) is 26.2. The molecule has 1 aliphatic rings. The van der Waals surface area contributed by atoms with Gasteiger partial charge in [0.1, 0.15) is 12.4 Å². The number of rotatable bonds is 6.